The molecule has 0 spiro atoms. The van der Waals surface area contributed by atoms with Crippen LogP contribution in [0.1, 0.15) is 11.3 Å². The lowest BCUT2D eigenvalue weighted by Crippen LogP contribution is -2.25. The number of nitrogens with zero attached hydrogens (tertiary/aromatic N) is 4. The molecule has 2 heterocycles. The third-order valence-electron chi connectivity index (χ3n) is 3.29. The van der Waals surface area contributed by atoms with Crippen molar-refractivity contribution in [1.29, 1.82) is 0 Å². The van der Waals surface area contributed by atoms with E-state index in [0.29, 0.717) is 29.1 Å². The van der Waals surface area contributed by atoms with Crippen molar-refractivity contribution in [2.24, 2.45) is 0 Å². The lowest BCUT2D eigenvalue weighted by atomic mass is 10.2. The van der Waals surface area contributed by atoms with Gasteiger partial charge in [0.15, 0.2) is 0 Å². The van der Waals surface area contributed by atoms with Crippen molar-refractivity contribution in [1.82, 2.24) is 15.0 Å². The Labute approximate surface area is 142 Å². The van der Waals surface area contributed by atoms with Gasteiger partial charge in [-0.1, -0.05) is 28.1 Å². The largest absolute Gasteiger partial charge is 0.330 e. The minimum Gasteiger partial charge on any atom is -0.330 e. The Morgan fingerprint density at radius 1 is 0.913 bits per heavy atom. The summed E-state index contributed by atoms with van der Waals surface area (Å²) in [5, 5.41) is 0. The number of halogens is 2. The van der Waals surface area contributed by atoms with Gasteiger partial charge in [-0.05, 0) is 30.3 Å². The Bertz CT molecular complexity index is 768. The van der Waals surface area contributed by atoms with Crippen molar-refractivity contribution < 1.29 is 4.39 Å². The van der Waals surface area contributed by atoms with E-state index in [4.69, 9.17) is 0 Å². The fraction of sp³-hybridized carbons (Fsp3) is 0.118. The molecule has 0 saturated carbocycles. The summed E-state index contributed by atoms with van der Waals surface area (Å²) in [6.07, 6.45) is 5.08. The molecule has 6 heteroatoms. The van der Waals surface area contributed by atoms with Gasteiger partial charge in [0.2, 0.25) is 5.95 Å². The number of pyridine rings is 1. The minimum absolute atomic E-state index is 0.263. The number of aromatic nitrogens is 3. The van der Waals surface area contributed by atoms with Gasteiger partial charge in [0.1, 0.15) is 5.82 Å². The summed E-state index contributed by atoms with van der Waals surface area (Å²) in [6.45, 7) is 0.861. The molecular formula is C17H14BrFN4. The zero-order valence-electron chi connectivity index (χ0n) is 12.2. The molecular weight excluding hydrogens is 359 g/mol. The quantitative estimate of drug-likeness (QED) is 0.679. The van der Waals surface area contributed by atoms with Crippen LogP contribution in [0.3, 0.4) is 0 Å². The van der Waals surface area contributed by atoms with Crippen LogP contribution in [0.4, 0.5) is 10.3 Å². The smallest absolute Gasteiger partial charge is 0.225 e. The second-order valence-electron chi connectivity index (χ2n) is 4.96. The van der Waals surface area contributed by atoms with Crippen LogP contribution in [-0.2, 0) is 13.1 Å². The van der Waals surface area contributed by atoms with Gasteiger partial charge in [-0.3, -0.25) is 4.98 Å². The van der Waals surface area contributed by atoms with Crippen molar-refractivity contribution in [3.63, 3.8) is 0 Å². The molecule has 0 aliphatic heterocycles. The molecule has 3 aromatic rings. The standard InChI is InChI=1S/C17H14BrFN4/c18-14-6-5-13(16(19)10-14)11-23(17-21-8-3-9-22-17)12-15-4-1-2-7-20-15/h1-10H,11-12H2. The fourth-order valence-electron chi connectivity index (χ4n) is 2.19. The van der Waals surface area contributed by atoms with Crippen molar-refractivity contribution in [2.45, 2.75) is 13.1 Å². The highest BCUT2D eigenvalue weighted by atomic mass is 79.9. The van der Waals surface area contributed by atoms with E-state index < -0.39 is 0 Å². The highest BCUT2D eigenvalue weighted by Gasteiger charge is 2.14. The van der Waals surface area contributed by atoms with Gasteiger partial charge in [-0.25, -0.2) is 14.4 Å². The van der Waals surface area contributed by atoms with Crippen LogP contribution in [0.15, 0.2) is 65.5 Å². The van der Waals surface area contributed by atoms with Crippen molar-refractivity contribution >= 4 is 21.9 Å². The molecule has 0 fully saturated rings. The SMILES string of the molecule is Fc1cc(Br)ccc1CN(Cc1ccccn1)c1ncccn1. The first-order chi connectivity index (χ1) is 11.2. The molecule has 0 atom stereocenters. The van der Waals surface area contributed by atoms with E-state index in [0.717, 1.165) is 5.69 Å². The first-order valence-electron chi connectivity index (χ1n) is 7.08. The minimum atomic E-state index is -0.263. The van der Waals surface area contributed by atoms with Crippen LogP contribution in [0.5, 0.6) is 0 Å². The zero-order chi connectivity index (χ0) is 16.1. The summed E-state index contributed by atoms with van der Waals surface area (Å²) in [7, 11) is 0. The zero-order valence-corrected chi connectivity index (χ0v) is 13.8. The fourth-order valence-corrected chi connectivity index (χ4v) is 2.53. The van der Waals surface area contributed by atoms with Crippen molar-refractivity contribution in [3.8, 4) is 0 Å². The average Bonchev–Trinajstić information content (AvgIpc) is 2.58. The Kier molecular flexibility index (Phi) is 4.92. The van der Waals surface area contributed by atoms with E-state index in [1.165, 1.54) is 6.07 Å². The molecule has 0 unspecified atom stereocenters. The second-order valence-corrected chi connectivity index (χ2v) is 5.88. The van der Waals surface area contributed by atoms with E-state index in [2.05, 4.69) is 30.9 Å². The Morgan fingerprint density at radius 3 is 2.39 bits per heavy atom. The molecule has 0 aliphatic rings. The first-order valence-corrected chi connectivity index (χ1v) is 7.87. The number of hydrogen-bond acceptors (Lipinski definition) is 4. The Morgan fingerprint density at radius 2 is 1.70 bits per heavy atom. The predicted molar refractivity (Wildman–Crippen MR) is 90.3 cm³/mol. The monoisotopic (exact) mass is 372 g/mol. The van der Waals surface area contributed by atoms with Gasteiger partial charge >= 0.3 is 0 Å². The summed E-state index contributed by atoms with van der Waals surface area (Å²) in [5.41, 5.74) is 1.45. The maximum atomic E-state index is 14.2. The molecule has 23 heavy (non-hydrogen) atoms. The lowest BCUT2D eigenvalue weighted by Gasteiger charge is -2.22. The van der Waals surface area contributed by atoms with Crippen LogP contribution in [0.25, 0.3) is 0 Å². The molecule has 116 valence electrons. The summed E-state index contributed by atoms with van der Waals surface area (Å²) in [4.78, 5) is 14.8. The van der Waals surface area contributed by atoms with Gasteiger partial charge < -0.3 is 4.90 Å². The highest BCUT2D eigenvalue weighted by molar-refractivity contribution is 9.10. The number of anilines is 1. The number of hydrogen-bond donors (Lipinski definition) is 0. The number of benzene rings is 1. The van der Waals surface area contributed by atoms with E-state index in [9.17, 15) is 4.39 Å². The third kappa shape index (κ3) is 4.10. The van der Waals surface area contributed by atoms with E-state index in [1.54, 1.807) is 30.7 Å². The third-order valence-corrected chi connectivity index (χ3v) is 3.78. The van der Waals surface area contributed by atoms with Crippen LogP contribution in [0, 0.1) is 5.82 Å². The summed E-state index contributed by atoms with van der Waals surface area (Å²) < 4.78 is 14.9. The first kappa shape index (κ1) is 15.6. The van der Waals surface area contributed by atoms with E-state index in [1.807, 2.05) is 29.2 Å². The topological polar surface area (TPSA) is 41.9 Å². The molecule has 0 bridgehead atoms. The lowest BCUT2D eigenvalue weighted by molar-refractivity contribution is 0.600. The summed E-state index contributed by atoms with van der Waals surface area (Å²) in [5.74, 6) is 0.279. The maximum absolute atomic E-state index is 14.2. The second kappa shape index (κ2) is 7.28. The summed E-state index contributed by atoms with van der Waals surface area (Å²) >= 11 is 3.27. The van der Waals surface area contributed by atoms with Crippen molar-refractivity contribution in [2.75, 3.05) is 4.90 Å². The predicted octanol–water partition coefficient (Wildman–Crippen LogP) is 3.98. The van der Waals surface area contributed by atoms with E-state index in [-0.39, 0.29) is 5.82 Å². The average molecular weight is 373 g/mol. The molecule has 3 rings (SSSR count). The van der Waals surface area contributed by atoms with Gasteiger partial charge in [0, 0.05) is 35.2 Å². The van der Waals surface area contributed by atoms with Crippen LogP contribution >= 0.6 is 15.9 Å². The summed E-state index contributed by atoms with van der Waals surface area (Å²) in [6, 6.07) is 12.5. The van der Waals surface area contributed by atoms with Gasteiger partial charge in [0.25, 0.3) is 0 Å². The molecule has 0 saturated heterocycles. The van der Waals surface area contributed by atoms with Crippen LogP contribution in [0.2, 0.25) is 0 Å². The highest BCUT2D eigenvalue weighted by Crippen LogP contribution is 2.20. The molecule has 0 N–H and O–H groups in total. The molecule has 2 aromatic heterocycles. The van der Waals surface area contributed by atoms with Gasteiger partial charge in [-0.2, -0.15) is 0 Å². The van der Waals surface area contributed by atoms with Crippen LogP contribution < -0.4 is 4.90 Å². The van der Waals surface area contributed by atoms with Gasteiger partial charge in [-0.15, -0.1) is 0 Å². The molecule has 1 aromatic carbocycles. The maximum Gasteiger partial charge on any atom is 0.225 e. The molecule has 4 nitrogen and oxygen atoms in total. The molecule has 0 radical (unpaired) electrons. The van der Waals surface area contributed by atoms with Crippen molar-refractivity contribution in [3.05, 3.63) is 82.6 Å². The van der Waals surface area contributed by atoms with Crippen LogP contribution in [-0.4, -0.2) is 15.0 Å². The number of rotatable bonds is 5. The molecule has 0 aliphatic carbocycles. The molecule has 0 amide bonds. The van der Waals surface area contributed by atoms with Gasteiger partial charge in [0.05, 0.1) is 12.2 Å². The normalized spacial score (nSPS) is 10.5. The van der Waals surface area contributed by atoms with E-state index >= 15 is 0 Å². The Hall–Kier alpha value is -2.34. The Balaban J connectivity index is 1.89.